The number of carboxylic acid groups (broad SMARTS) is 3. The van der Waals surface area contributed by atoms with Gasteiger partial charge in [0, 0.05) is 18.8 Å². The Kier molecular flexibility index (Phi) is 7.51. The van der Waals surface area contributed by atoms with E-state index in [0.717, 1.165) is 0 Å². The molecule has 0 bridgehead atoms. The number of carboxylic acids is 3. The summed E-state index contributed by atoms with van der Waals surface area (Å²) >= 11 is 0. The van der Waals surface area contributed by atoms with Crippen molar-refractivity contribution in [2.24, 2.45) is 5.92 Å². The minimum absolute atomic E-state index is 0.389. The second kappa shape index (κ2) is 8.68. The fraction of sp³-hybridized carbons (Fsp3) is 0.273. The Morgan fingerprint density at radius 3 is 1.67 bits per heavy atom. The molecule has 0 aliphatic rings. The smallest absolute Gasteiger partial charge is 0.317 e. The van der Waals surface area contributed by atoms with E-state index in [1.54, 1.807) is 12.4 Å². The number of carbonyl (C=O) groups is 3. The van der Waals surface area contributed by atoms with Crippen LogP contribution in [0.3, 0.4) is 0 Å². The minimum atomic E-state index is -1.62. The molecular formula is C11H13NO6. The molecule has 0 atom stereocenters. The Hall–Kier alpha value is -2.44. The van der Waals surface area contributed by atoms with E-state index in [4.69, 9.17) is 15.3 Å². The lowest BCUT2D eigenvalue weighted by Gasteiger charge is -2.03. The molecule has 7 nitrogen and oxygen atoms in total. The van der Waals surface area contributed by atoms with E-state index < -0.39 is 30.2 Å². The quantitative estimate of drug-likeness (QED) is 0.662. The summed E-state index contributed by atoms with van der Waals surface area (Å²) in [5.41, 5.74) is 0. The van der Waals surface area contributed by atoms with Crippen molar-refractivity contribution in [3.63, 3.8) is 0 Å². The fourth-order valence-electron chi connectivity index (χ4n) is 0.933. The van der Waals surface area contributed by atoms with E-state index in [9.17, 15) is 14.4 Å². The van der Waals surface area contributed by atoms with Crippen molar-refractivity contribution >= 4 is 17.9 Å². The summed E-state index contributed by atoms with van der Waals surface area (Å²) in [6, 6.07) is 5.72. The summed E-state index contributed by atoms with van der Waals surface area (Å²) < 4.78 is 0. The first-order valence-corrected chi connectivity index (χ1v) is 4.97. The van der Waals surface area contributed by atoms with Gasteiger partial charge in [-0.1, -0.05) is 6.07 Å². The van der Waals surface area contributed by atoms with Crippen molar-refractivity contribution in [1.29, 1.82) is 0 Å². The molecule has 0 unspecified atom stereocenters. The summed E-state index contributed by atoms with van der Waals surface area (Å²) in [6.45, 7) is 0. The first-order chi connectivity index (χ1) is 8.45. The molecule has 1 aromatic heterocycles. The first-order valence-electron chi connectivity index (χ1n) is 4.97. The zero-order valence-electron chi connectivity index (χ0n) is 9.39. The number of pyridine rings is 1. The molecule has 0 radical (unpaired) electrons. The van der Waals surface area contributed by atoms with Gasteiger partial charge in [0.25, 0.3) is 0 Å². The summed E-state index contributed by atoms with van der Waals surface area (Å²) in [4.78, 5) is 34.1. The minimum Gasteiger partial charge on any atom is -0.481 e. The van der Waals surface area contributed by atoms with Crippen LogP contribution in [0.1, 0.15) is 12.8 Å². The highest BCUT2D eigenvalue weighted by molar-refractivity contribution is 5.93. The van der Waals surface area contributed by atoms with Crippen molar-refractivity contribution in [2.45, 2.75) is 12.8 Å². The third-order valence-electron chi connectivity index (χ3n) is 1.81. The van der Waals surface area contributed by atoms with Crippen LogP contribution >= 0.6 is 0 Å². The first kappa shape index (κ1) is 15.6. The average molecular weight is 255 g/mol. The highest BCUT2D eigenvalue weighted by Crippen LogP contribution is 2.06. The van der Waals surface area contributed by atoms with Crippen LogP contribution in [0.4, 0.5) is 0 Å². The summed E-state index contributed by atoms with van der Waals surface area (Å²) in [5.74, 6) is -5.85. The van der Waals surface area contributed by atoms with Gasteiger partial charge in [-0.2, -0.15) is 0 Å². The highest BCUT2D eigenvalue weighted by atomic mass is 16.4. The van der Waals surface area contributed by atoms with Crippen LogP contribution in [0.25, 0.3) is 0 Å². The third kappa shape index (κ3) is 7.80. The molecule has 3 N–H and O–H groups in total. The molecule has 1 heterocycles. The van der Waals surface area contributed by atoms with Crippen molar-refractivity contribution < 1.29 is 29.7 Å². The monoisotopic (exact) mass is 255 g/mol. The molecule has 1 aromatic rings. The predicted octanol–water partition coefficient (Wildman–Crippen LogP) is 0.718. The number of rotatable bonds is 5. The number of aromatic nitrogens is 1. The average Bonchev–Trinajstić information content (AvgIpc) is 2.31. The Labute approximate surface area is 103 Å². The SMILES string of the molecule is O=C(O)CCC(C(=O)O)C(=O)O.c1ccncc1. The standard InChI is InChI=1S/C6H8O6.C5H5N/c7-4(8)2-1-3(5(9)10)6(11)12;1-2-4-6-5-3-1/h3H,1-2H2,(H,7,8)(H,9,10)(H,11,12);1-5H. The van der Waals surface area contributed by atoms with Gasteiger partial charge in [0.2, 0.25) is 0 Å². The zero-order valence-corrected chi connectivity index (χ0v) is 9.39. The second-order valence-corrected chi connectivity index (χ2v) is 3.19. The lowest BCUT2D eigenvalue weighted by Crippen LogP contribution is -2.24. The topological polar surface area (TPSA) is 125 Å². The van der Waals surface area contributed by atoms with E-state index in [1.165, 1.54) is 0 Å². The molecular weight excluding hydrogens is 242 g/mol. The van der Waals surface area contributed by atoms with Crippen molar-refractivity contribution in [1.82, 2.24) is 4.98 Å². The summed E-state index contributed by atoms with van der Waals surface area (Å²) in [6.07, 6.45) is 2.66. The zero-order chi connectivity index (χ0) is 14.0. The van der Waals surface area contributed by atoms with Crippen LogP contribution in [-0.2, 0) is 14.4 Å². The Balaban J connectivity index is 0.000000397. The maximum absolute atomic E-state index is 10.2. The largest absolute Gasteiger partial charge is 0.481 e. The van der Waals surface area contributed by atoms with Gasteiger partial charge in [0.15, 0.2) is 5.92 Å². The molecule has 0 spiro atoms. The number of aliphatic carboxylic acids is 3. The van der Waals surface area contributed by atoms with Gasteiger partial charge in [-0.15, -0.1) is 0 Å². The molecule has 0 amide bonds. The molecule has 98 valence electrons. The molecule has 1 rings (SSSR count). The number of hydrogen-bond acceptors (Lipinski definition) is 4. The van der Waals surface area contributed by atoms with Crippen molar-refractivity contribution in [3.05, 3.63) is 30.6 Å². The number of hydrogen-bond donors (Lipinski definition) is 3. The summed E-state index contributed by atoms with van der Waals surface area (Å²) in [7, 11) is 0. The molecule has 7 heteroatoms. The van der Waals surface area contributed by atoms with Gasteiger partial charge in [-0.25, -0.2) is 0 Å². The lowest BCUT2D eigenvalue weighted by atomic mass is 10.0. The molecule has 0 aliphatic heterocycles. The van der Waals surface area contributed by atoms with Crippen LogP contribution in [0.2, 0.25) is 0 Å². The Bertz CT molecular complexity index is 351. The van der Waals surface area contributed by atoms with Crippen LogP contribution in [0, 0.1) is 5.92 Å². The predicted molar refractivity (Wildman–Crippen MR) is 59.9 cm³/mol. The molecule has 0 fully saturated rings. The van der Waals surface area contributed by atoms with E-state index in [1.807, 2.05) is 18.2 Å². The van der Waals surface area contributed by atoms with E-state index in [-0.39, 0.29) is 6.42 Å². The molecule has 0 aliphatic carbocycles. The normalized spacial score (nSPS) is 9.17. The van der Waals surface area contributed by atoms with Crippen LogP contribution in [-0.4, -0.2) is 38.2 Å². The van der Waals surface area contributed by atoms with Gasteiger partial charge in [-0.05, 0) is 18.6 Å². The Morgan fingerprint density at radius 2 is 1.44 bits per heavy atom. The lowest BCUT2D eigenvalue weighted by molar-refractivity contribution is -0.155. The van der Waals surface area contributed by atoms with E-state index in [2.05, 4.69) is 4.98 Å². The number of nitrogens with zero attached hydrogens (tertiary/aromatic N) is 1. The van der Waals surface area contributed by atoms with Gasteiger partial charge < -0.3 is 15.3 Å². The maximum atomic E-state index is 10.2. The van der Waals surface area contributed by atoms with Crippen LogP contribution in [0.15, 0.2) is 30.6 Å². The van der Waals surface area contributed by atoms with E-state index in [0.29, 0.717) is 0 Å². The van der Waals surface area contributed by atoms with Gasteiger partial charge >= 0.3 is 17.9 Å². The van der Waals surface area contributed by atoms with Gasteiger partial charge in [0.1, 0.15) is 0 Å². The van der Waals surface area contributed by atoms with Gasteiger partial charge in [-0.3, -0.25) is 19.4 Å². The van der Waals surface area contributed by atoms with Crippen molar-refractivity contribution in [2.75, 3.05) is 0 Å². The molecule has 0 saturated heterocycles. The summed E-state index contributed by atoms with van der Waals surface area (Å²) in [5, 5.41) is 24.7. The second-order valence-electron chi connectivity index (χ2n) is 3.19. The highest BCUT2D eigenvalue weighted by Gasteiger charge is 2.25. The molecule has 0 saturated carbocycles. The third-order valence-corrected chi connectivity index (χ3v) is 1.81. The molecule has 0 aromatic carbocycles. The maximum Gasteiger partial charge on any atom is 0.317 e. The van der Waals surface area contributed by atoms with Crippen LogP contribution in [0.5, 0.6) is 0 Å². The van der Waals surface area contributed by atoms with E-state index >= 15 is 0 Å². The molecule has 18 heavy (non-hydrogen) atoms. The van der Waals surface area contributed by atoms with Crippen molar-refractivity contribution in [3.8, 4) is 0 Å². The van der Waals surface area contributed by atoms with Crippen LogP contribution < -0.4 is 0 Å². The van der Waals surface area contributed by atoms with Gasteiger partial charge in [0.05, 0.1) is 0 Å². The fourth-order valence-corrected chi connectivity index (χ4v) is 0.933. The Morgan fingerprint density at radius 1 is 0.944 bits per heavy atom.